The van der Waals surface area contributed by atoms with Gasteiger partial charge >= 0.3 is 0 Å². The van der Waals surface area contributed by atoms with Gasteiger partial charge in [-0.1, -0.05) is 12.1 Å². The number of carbonyl (C=O) groups excluding carboxylic acids is 2. The minimum Gasteiger partial charge on any atom is -0.364 e. The highest BCUT2D eigenvalue weighted by Crippen LogP contribution is 2.22. The third-order valence-corrected chi connectivity index (χ3v) is 5.62. The summed E-state index contributed by atoms with van der Waals surface area (Å²) in [6.45, 7) is 0. The third kappa shape index (κ3) is 3.88. The Morgan fingerprint density at radius 1 is 1.31 bits per heavy atom. The van der Waals surface area contributed by atoms with Gasteiger partial charge in [0.1, 0.15) is 5.69 Å². The molecule has 2 aromatic heterocycles. The summed E-state index contributed by atoms with van der Waals surface area (Å²) in [5, 5.41) is 3.96. The van der Waals surface area contributed by atoms with E-state index in [2.05, 4.69) is 10.1 Å². The molecule has 136 valence electrons. The molecule has 0 atom stereocenters. The van der Waals surface area contributed by atoms with Crippen LogP contribution in [0.3, 0.4) is 0 Å². The van der Waals surface area contributed by atoms with E-state index >= 15 is 0 Å². The Kier molecular flexibility index (Phi) is 4.73. The molecule has 0 fully saturated rings. The molecule has 1 aliphatic rings. The van der Waals surface area contributed by atoms with Crippen LogP contribution in [0, 0.1) is 0 Å². The largest absolute Gasteiger partial charge is 0.364 e. The van der Waals surface area contributed by atoms with Crippen molar-refractivity contribution in [3.8, 4) is 0 Å². The van der Waals surface area contributed by atoms with Gasteiger partial charge in [-0.25, -0.2) is 13.4 Å². The Morgan fingerprint density at radius 3 is 2.73 bits per heavy atom. The van der Waals surface area contributed by atoms with E-state index in [0.29, 0.717) is 17.7 Å². The number of nitrogens with two attached hydrogens (primary N) is 1. The molecule has 8 nitrogen and oxygen atoms in total. The zero-order valence-corrected chi connectivity index (χ0v) is 15.0. The van der Waals surface area contributed by atoms with Crippen LogP contribution >= 0.6 is 0 Å². The lowest BCUT2D eigenvalue weighted by Crippen LogP contribution is -2.17. The highest BCUT2D eigenvalue weighted by molar-refractivity contribution is 7.91. The monoisotopic (exact) mass is 374 g/mol. The Hall–Kier alpha value is -2.81. The van der Waals surface area contributed by atoms with Crippen LogP contribution in [-0.2, 0) is 23.3 Å². The van der Waals surface area contributed by atoms with Gasteiger partial charge < -0.3 is 5.73 Å². The number of aromatic nitrogens is 3. The maximum Gasteiger partial charge on any atom is 0.269 e. The van der Waals surface area contributed by atoms with Crippen molar-refractivity contribution >= 4 is 27.1 Å². The Bertz CT molecular complexity index is 1020. The second-order valence-electron chi connectivity index (χ2n) is 6.14. The fourth-order valence-electron chi connectivity index (χ4n) is 2.82. The van der Waals surface area contributed by atoms with Crippen molar-refractivity contribution in [1.82, 2.24) is 14.8 Å². The number of nitrogens with zero attached hydrogens (tertiary/aromatic N) is 3. The maximum atomic E-state index is 12.6. The lowest BCUT2D eigenvalue weighted by molar-refractivity contribution is 0.0986. The number of ketones is 1. The molecule has 0 spiro atoms. The molecule has 3 heterocycles. The van der Waals surface area contributed by atoms with Crippen LogP contribution in [0.25, 0.3) is 5.57 Å². The van der Waals surface area contributed by atoms with Crippen molar-refractivity contribution in [2.45, 2.75) is 12.8 Å². The second-order valence-corrected chi connectivity index (χ2v) is 8.37. The quantitative estimate of drug-likeness (QED) is 0.762. The first kappa shape index (κ1) is 18.0. The van der Waals surface area contributed by atoms with Gasteiger partial charge in [-0.05, 0) is 24.1 Å². The molecule has 0 aliphatic carbocycles. The minimum absolute atomic E-state index is 0.0140. The van der Waals surface area contributed by atoms with Crippen molar-refractivity contribution in [2.75, 3.05) is 11.5 Å². The van der Waals surface area contributed by atoms with E-state index in [4.69, 9.17) is 5.73 Å². The second kappa shape index (κ2) is 6.83. The number of amides is 1. The Balaban J connectivity index is 1.83. The zero-order valence-electron chi connectivity index (χ0n) is 14.2. The van der Waals surface area contributed by atoms with Crippen molar-refractivity contribution in [3.05, 3.63) is 53.1 Å². The predicted molar refractivity (Wildman–Crippen MR) is 95.2 cm³/mol. The van der Waals surface area contributed by atoms with Crippen LogP contribution in [0.1, 0.15) is 38.7 Å². The van der Waals surface area contributed by atoms with Gasteiger partial charge in [-0.15, -0.1) is 0 Å². The van der Waals surface area contributed by atoms with E-state index < -0.39 is 15.7 Å². The van der Waals surface area contributed by atoms with Gasteiger partial charge in [0.25, 0.3) is 5.91 Å². The number of hydrogen-bond donors (Lipinski definition) is 1. The molecule has 26 heavy (non-hydrogen) atoms. The van der Waals surface area contributed by atoms with Crippen molar-refractivity contribution in [3.63, 3.8) is 0 Å². The summed E-state index contributed by atoms with van der Waals surface area (Å²) in [4.78, 5) is 28.4. The topological polar surface area (TPSA) is 125 Å². The van der Waals surface area contributed by atoms with Crippen molar-refractivity contribution in [1.29, 1.82) is 0 Å². The Morgan fingerprint density at radius 2 is 2.08 bits per heavy atom. The predicted octanol–water partition coefficient (Wildman–Crippen LogP) is 0.541. The summed E-state index contributed by atoms with van der Waals surface area (Å²) >= 11 is 0. The summed E-state index contributed by atoms with van der Waals surface area (Å²) in [7, 11) is -1.38. The molecular formula is C17H18N4O4S. The molecule has 3 rings (SSSR count). The fourth-order valence-corrected chi connectivity index (χ4v) is 3.97. The number of hydrogen-bond acceptors (Lipinski definition) is 6. The van der Waals surface area contributed by atoms with Crippen molar-refractivity contribution in [2.24, 2.45) is 12.8 Å². The van der Waals surface area contributed by atoms with E-state index in [9.17, 15) is 18.0 Å². The van der Waals surface area contributed by atoms with E-state index in [-0.39, 0.29) is 35.1 Å². The number of aryl methyl sites for hydroxylation is 1. The molecule has 0 saturated carbocycles. The third-order valence-electron chi connectivity index (χ3n) is 4.12. The normalized spacial score (nSPS) is 16.1. The standard InChI is InChI=1S/C17H18N4O4S/c1-21-10-12(16(20-21)17(18)23)9-15(22)14-4-2-3-13(19-14)11-5-7-26(24,25)8-6-11/h2-5,10H,6-9H2,1H3,(H2,18,23). The molecule has 0 unspecified atom stereocenters. The first-order chi connectivity index (χ1) is 12.2. The number of sulfone groups is 1. The number of allylic oxidation sites excluding steroid dienone is 1. The molecule has 1 amide bonds. The van der Waals surface area contributed by atoms with Crippen LogP contribution in [0.15, 0.2) is 30.5 Å². The van der Waals surface area contributed by atoms with Crippen LogP contribution < -0.4 is 5.73 Å². The highest BCUT2D eigenvalue weighted by Gasteiger charge is 2.20. The first-order valence-electron chi connectivity index (χ1n) is 7.97. The van der Waals surface area contributed by atoms with Crippen LogP contribution in [0.5, 0.6) is 0 Å². The number of rotatable bonds is 5. The number of pyridine rings is 1. The summed E-state index contributed by atoms with van der Waals surface area (Å²) in [5.41, 5.74) is 7.45. The number of Topliss-reactive ketones (excluding diaryl/α,β-unsaturated/α-hetero) is 1. The van der Waals surface area contributed by atoms with Crippen LogP contribution in [0.2, 0.25) is 0 Å². The molecule has 0 aromatic carbocycles. The average molecular weight is 374 g/mol. The molecule has 2 aromatic rings. The summed E-state index contributed by atoms with van der Waals surface area (Å²) in [5.74, 6) is -0.897. The van der Waals surface area contributed by atoms with Crippen LogP contribution in [-0.4, -0.2) is 46.4 Å². The van der Waals surface area contributed by atoms with E-state index in [1.807, 2.05) is 0 Å². The van der Waals surface area contributed by atoms with E-state index in [1.165, 1.54) is 4.68 Å². The van der Waals surface area contributed by atoms with Gasteiger partial charge in [0.2, 0.25) is 0 Å². The van der Waals surface area contributed by atoms with Gasteiger partial charge in [0.05, 0.1) is 17.2 Å². The van der Waals surface area contributed by atoms with Gasteiger partial charge in [-0.3, -0.25) is 14.3 Å². The van der Waals surface area contributed by atoms with Crippen LogP contribution in [0.4, 0.5) is 0 Å². The van der Waals surface area contributed by atoms with E-state index in [1.54, 1.807) is 37.5 Å². The molecule has 1 aliphatic heterocycles. The van der Waals surface area contributed by atoms with E-state index in [0.717, 1.165) is 5.57 Å². The maximum absolute atomic E-state index is 12.6. The molecule has 9 heteroatoms. The van der Waals surface area contributed by atoms with Gasteiger partial charge in [-0.2, -0.15) is 5.10 Å². The van der Waals surface area contributed by atoms with Gasteiger partial charge in [0, 0.05) is 25.2 Å². The first-order valence-corrected chi connectivity index (χ1v) is 9.80. The highest BCUT2D eigenvalue weighted by atomic mass is 32.2. The zero-order chi connectivity index (χ0) is 18.9. The van der Waals surface area contributed by atoms with Gasteiger partial charge in [0.15, 0.2) is 21.3 Å². The lowest BCUT2D eigenvalue weighted by Gasteiger charge is -2.13. The van der Waals surface area contributed by atoms with Crippen molar-refractivity contribution < 1.29 is 18.0 Å². The summed E-state index contributed by atoms with van der Waals surface area (Å²) in [6, 6.07) is 5.05. The smallest absolute Gasteiger partial charge is 0.269 e. The summed E-state index contributed by atoms with van der Waals surface area (Å²) < 4.78 is 24.5. The number of primary amides is 1. The average Bonchev–Trinajstić information content (AvgIpc) is 2.95. The minimum atomic E-state index is -3.03. The molecule has 0 bridgehead atoms. The Labute approximate surface area is 150 Å². The lowest BCUT2D eigenvalue weighted by atomic mass is 10.0. The molecule has 0 saturated heterocycles. The number of carbonyl (C=O) groups is 2. The molecule has 2 N–H and O–H groups in total. The SMILES string of the molecule is Cn1cc(CC(=O)c2cccc(C3=CCS(=O)(=O)CC3)n2)c(C(N)=O)n1. The molecule has 0 radical (unpaired) electrons. The fraction of sp³-hybridized carbons (Fsp3) is 0.294. The summed E-state index contributed by atoms with van der Waals surface area (Å²) in [6.07, 6.45) is 3.55. The molecular weight excluding hydrogens is 356 g/mol.